The number of carbonyl (C=O) groups excluding carboxylic acids is 3. The van der Waals surface area contributed by atoms with Crippen LogP contribution in [-0.4, -0.2) is 34.8 Å². The van der Waals surface area contributed by atoms with Crippen LogP contribution in [0, 0.1) is 5.92 Å². The van der Waals surface area contributed by atoms with Gasteiger partial charge in [0.05, 0.1) is 6.04 Å². The first kappa shape index (κ1) is 18.9. The summed E-state index contributed by atoms with van der Waals surface area (Å²) in [5.41, 5.74) is 0.119. The van der Waals surface area contributed by atoms with E-state index in [0.29, 0.717) is 6.42 Å². The summed E-state index contributed by atoms with van der Waals surface area (Å²) in [5.74, 6) is -0.525. The number of urea groups is 1. The number of hydrogen-bond acceptors (Lipinski definition) is 3. The fourth-order valence-corrected chi connectivity index (χ4v) is 4.35. The zero-order chi connectivity index (χ0) is 18.9. The van der Waals surface area contributed by atoms with Crippen molar-refractivity contribution in [3.05, 3.63) is 34.3 Å². The topological polar surface area (TPSA) is 78.5 Å². The van der Waals surface area contributed by atoms with Crippen LogP contribution in [-0.2, 0) is 9.59 Å². The number of halogens is 1. The number of amides is 4. The van der Waals surface area contributed by atoms with Gasteiger partial charge >= 0.3 is 6.03 Å². The third kappa shape index (κ3) is 3.49. The van der Waals surface area contributed by atoms with Gasteiger partial charge in [-0.05, 0) is 43.4 Å². The highest BCUT2D eigenvalue weighted by atomic mass is 79.9. The second kappa shape index (κ2) is 7.39. The number of hydrogen-bond donors (Lipinski definition) is 2. The first-order chi connectivity index (χ1) is 12.3. The van der Waals surface area contributed by atoms with Crippen LogP contribution in [0.2, 0.25) is 0 Å². The molecule has 3 unspecified atom stereocenters. The fourth-order valence-electron chi connectivity index (χ4n) is 3.93. The molecule has 3 rings (SSSR count). The van der Waals surface area contributed by atoms with Gasteiger partial charge in [0, 0.05) is 4.47 Å². The number of nitrogens with one attached hydrogen (secondary N) is 2. The molecule has 1 saturated heterocycles. The van der Waals surface area contributed by atoms with Gasteiger partial charge in [-0.1, -0.05) is 47.8 Å². The fraction of sp³-hybridized carbons (Fsp3) is 0.526. The van der Waals surface area contributed by atoms with E-state index in [4.69, 9.17) is 0 Å². The van der Waals surface area contributed by atoms with Gasteiger partial charge in [0.2, 0.25) is 5.91 Å². The summed E-state index contributed by atoms with van der Waals surface area (Å²) < 4.78 is 0.929. The van der Waals surface area contributed by atoms with Crippen LogP contribution in [0.15, 0.2) is 28.7 Å². The molecule has 140 valence electrons. The van der Waals surface area contributed by atoms with Crippen molar-refractivity contribution in [3.8, 4) is 0 Å². The minimum Gasteiger partial charge on any atom is -0.348 e. The van der Waals surface area contributed by atoms with Gasteiger partial charge in [-0.25, -0.2) is 4.79 Å². The molecule has 1 aliphatic heterocycles. The van der Waals surface area contributed by atoms with E-state index >= 15 is 0 Å². The lowest BCUT2D eigenvalue weighted by atomic mass is 9.73. The zero-order valence-electron chi connectivity index (χ0n) is 15.0. The van der Waals surface area contributed by atoms with Crippen molar-refractivity contribution in [1.29, 1.82) is 0 Å². The van der Waals surface area contributed by atoms with Crippen molar-refractivity contribution >= 4 is 33.8 Å². The van der Waals surface area contributed by atoms with E-state index in [1.165, 1.54) is 0 Å². The van der Waals surface area contributed by atoms with Crippen molar-refractivity contribution < 1.29 is 14.4 Å². The third-order valence-electron chi connectivity index (χ3n) is 5.53. The molecule has 1 spiro atoms. The van der Waals surface area contributed by atoms with E-state index in [2.05, 4.69) is 26.6 Å². The van der Waals surface area contributed by atoms with Gasteiger partial charge in [0.25, 0.3) is 5.91 Å². The highest BCUT2D eigenvalue weighted by Crippen LogP contribution is 2.38. The van der Waals surface area contributed by atoms with E-state index in [-0.39, 0.29) is 30.3 Å². The van der Waals surface area contributed by atoms with E-state index in [9.17, 15) is 14.4 Å². The average Bonchev–Trinajstić information content (AvgIpc) is 2.82. The minimum atomic E-state index is -0.828. The summed E-state index contributed by atoms with van der Waals surface area (Å²) in [6.45, 7) is 3.62. The van der Waals surface area contributed by atoms with Crippen LogP contribution < -0.4 is 10.6 Å². The Balaban J connectivity index is 1.65. The van der Waals surface area contributed by atoms with Crippen molar-refractivity contribution in [3.63, 3.8) is 0 Å². The summed E-state index contributed by atoms with van der Waals surface area (Å²) in [6, 6.07) is 6.97. The van der Waals surface area contributed by atoms with Crippen molar-refractivity contribution in [2.24, 2.45) is 5.92 Å². The molecule has 1 heterocycles. The molecule has 7 heteroatoms. The molecule has 0 aromatic heterocycles. The Morgan fingerprint density at radius 1 is 1.42 bits per heavy atom. The Kier molecular flexibility index (Phi) is 5.37. The smallest absolute Gasteiger partial charge is 0.325 e. The molecule has 6 nitrogen and oxygen atoms in total. The Morgan fingerprint density at radius 2 is 2.19 bits per heavy atom. The summed E-state index contributed by atoms with van der Waals surface area (Å²) in [5, 5.41) is 5.73. The molecule has 1 saturated carbocycles. The average molecular weight is 422 g/mol. The number of imide groups is 1. The van der Waals surface area contributed by atoms with E-state index < -0.39 is 11.6 Å². The normalized spacial score (nSPS) is 26.7. The molecule has 1 aliphatic carbocycles. The first-order valence-corrected chi connectivity index (χ1v) is 9.82. The number of carbonyl (C=O) groups is 3. The Morgan fingerprint density at radius 3 is 2.88 bits per heavy atom. The molecule has 0 radical (unpaired) electrons. The van der Waals surface area contributed by atoms with Crippen LogP contribution in [0.3, 0.4) is 0 Å². The largest absolute Gasteiger partial charge is 0.348 e. The molecule has 1 aromatic rings. The van der Waals surface area contributed by atoms with Crippen LogP contribution in [0.4, 0.5) is 4.79 Å². The van der Waals surface area contributed by atoms with Crippen molar-refractivity contribution in [2.45, 2.75) is 51.1 Å². The maximum Gasteiger partial charge on any atom is 0.325 e. The van der Waals surface area contributed by atoms with Crippen LogP contribution >= 0.6 is 15.9 Å². The van der Waals surface area contributed by atoms with E-state index in [0.717, 1.165) is 34.2 Å². The quantitative estimate of drug-likeness (QED) is 0.732. The van der Waals surface area contributed by atoms with Crippen LogP contribution in [0.1, 0.15) is 51.1 Å². The summed E-state index contributed by atoms with van der Waals surface area (Å²) in [4.78, 5) is 38.7. The molecular weight excluding hydrogens is 398 g/mol. The van der Waals surface area contributed by atoms with E-state index in [1.54, 1.807) is 0 Å². The maximum absolute atomic E-state index is 12.9. The molecule has 0 bridgehead atoms. The molecule has 4 amide bonds. The molecule has 1 aromatic carbocycles. The van der Waals surface area contributed by atoms with E-state index in [1.807, 2.05) is 38.1 Å². The SMILES string of the molecule is CC(NC(=O)CN1C(=O)NC2(CCCCC2C)C1=O)c1cccc(Br)c1. The zero-order valence-corrected chi connectivity index (χ0v) is 16.6. The number of rotatable bonds is 4. The lowest BCUT2D eigenvalue weighted by Crippen LogP contribution is -2.54. The standard InChI is InChI=1S/C19H24BrN3O3/c1-12-6-3-4-9-19(12)17(25)23(18(26)22-19)11-16(24)21-13(2)14-7-5-8-15(20)10-14/h5,7-8,10,12-13H,3-4,6,9,11H2,1-2H3,(H,21,24)(H,22,26). The molecule has 26 heavy (non-hydrogen) atoms. The Bertz CT molecular complexity index is 738. The third-order valence-corrected chi connectivity index (χ3v) is 6.02. The van der Waals surface area contributed by atoms with Gasteiger partial charge < -0.3 is 10.6 Å². The lowest BCUT2D eigenvalue weighted by Gasteiger charge is -2.36. The monoisotopic (exact) mass is 421 g/mol. The first-order valence-electron chi connectivity index (χ1n) is 9.02. The number of nitrogens with zero attached hydrogens (tertiary/aromatic N) is 1. The molecule has 3 atom stereocenters. The highest BCUT2D eigenvalue weighted by Gasteiger charge is 2.55. The molecule has 2 fully saturated rings. The highest BCUT2D eigenvalue weighted by molar-refractivity contribution is 9.10. The maximum atomic E-state index is 12.9. The van der Waals surface area contributed by atoms with Crippen molar-refractivity contribution in [2.75, 3.05) is 6.54 Å². The lowest BCUT2D eigenvalue weighted by molar-refractivity contribution is -0.137. The van der Waals surface area contributed by atoms with Crippen LogP contribution in [0.5, 0.6) is 0 Å². The predicted molar refractivity (Wildman–Crippen MR) is 101 cm³/mol. The summed E-state index contributed by atoms with van der Waals surface area (Å²) in [6.07, 6.45) is 3.53. The second-order valence-electron chi connectivity index (χ2n) is 7.28. The Labute approximate surface area is 161 Å². The predicted octanol–water partition coefficient (Wildman–Crippen LogP) is 3.13. The Hall–Kier alpha value is -1.89. The van der Waals surface area contributed by atoms with Gasteiger partial charge in [-0.3, -0.25) is 14.5 Å². The second-order valence-corrected chi connectivity index (χ2v) is 8.20. The van der Waals surface area contributed by atoms with Gasteiger partial charge in [-0.15, -0.1) is 0 Å². The number of benzene rings is 1. The van der Waals surface area contributed by atoms with Crippen molar-refractivity contribution in [1.82, 2.24) is 15.5 Å². The summed E-state index contributed by atoms with van der Waals surface area (Å²) in [7, 11) is 0. The molecular formula is C19H24BrN3O3. The summed E-state index contributed by atoms with van der Waals surface area (Å²) >= 11 is 3.41. The molecule has 2 N–H and O–H groups in total. The minimum absolute atomic E-state index is 0.0846. The van der Waals surface area contributed by atoms with Gasteiger partial charge in [0.1, 0.15) is 12.1 Å². The van der Waals surface area contributed by atoms with Crippen LogP contribution in [0.25, 0.3) is 0 Å². The van der Waals surface area contributed by atoms with Gasteiger partial charge in [0.15, 0.2) is 0 Å². The molecule has 2 aliphatic rings. The van der Waals surface area contributed by atoms with Gasteiger partial charge in [-0.2, -0.15) is 0 Å².